The van der Waals surface area contributed by atoms with Gasteiger partial charge in [-0.05, 0) is 36.8 Å². The van der Waals surface area contributed by atoms with Gasteiger partial charge in [-0.2, -0.15) is 0 Å². The highest BCUT2D eigenvalue weighted by molar-refractivity contribution is 5.44. The van der Waals surface area contributed by atoms with Gasteiger partial charge in [-0.1, -0.05) is 18.2 Å². The third kappa shape index (κ3) is 2.32. The maximum Gasteiger partial charge on any atom is 0.122 e. The molecule has 15 heavy (non-hydrogen) atoms. The number of phenolic OH excluding ortho intramolecular Hbond substituents is 1. The fraction of sp³-hybridized carbons (Fsp3) is 0.538. The maximum absolute atomic E-state index is 10.1. The molecule has 0 amide bonds. The highest BCUT2D eigenvalue weighted by Gasteiger charge is 2.27. The zero-order valence-electron chi connectivity index (χ0n) is 9.36. The van der Waals surface area contributed by atoms with Crippen molar-refractivity contribution in [2.75, 3.05) is 7.11 Å². The lowest BCUT2D eigenvalue weighted by atomic mass is 10.0. The summed E-state index contributed by atoms with van der Waals surface area (Å²) in [4.78, 5) is 0. The lowest BCUT2D eigenvalue weighted by Crippen LogP contribution is -2.08. The quantitative estimate of drug-likeness (QED) is 0.820. The molecule has 1 atom stereocenters. The SMILES string of the molecule is COC(C)Cc1cccc(C2CC2)c1O. The van der Waals surface area contributed by atoms with E-state index < -0.39 is 0 Å². The second-order valence-electron chi connectivity index (χ2n) is 4.38. The number of rotatable bonds is 4. The summed E-state index contributed by atoms with van der Waals surface area (Å²) in [5.41, 5.74) is 2.13. The minimum atomic E-state index is 0.158. The van der Waals surface area contributed by atoms with Gasteiger partial charge in [0.05, 0.1) is 6.10 Å². The van der Waals surface area contributed by atoms with Crippen LogP contribution in [0.5, 0.6) is 5.75 Å². The van der Waals surface area contributed by atoms with E-state index in [2.05, 4.69) is 0 Å². The molecule has 0 spiro atoms. The Hall–Kier alpha value is -1.02. The Labute approximate surface area is 90.9 Å². The number of phenols is 1. The summed E-state index contributed by atoms with van der Waals surface area (Å²) < 4.78 is 5.21. The molecule has 2 nitrogen and oxygen atoms in total. The normalized spacial score (nSPS) is 17.7. The second kappa shape index (κ2) is 4.23. The Bertz CT molecular complexity index is 342. The molecule has 0 radical (unpaired) electrons. The minimum Gasteiger partial charge on any atom is -0.507 e. The van der Waals surface area contributed by atoms with Crippen molar-refractivity contribution < 1.29 is 9.84 Å². The van der Waals surface area contributed by atoms with Crippen LogP contribution >= 0.6 is 0 Å². The lowest BCUT2D eigenvalue weighted by molar-refractivity contribution is 0.118. The number of hydrogen-bond acceptors (Lipinski definition) is 2. The molecular weight excluding hydrogens is 188 g/mol. The Morgan fingerprint density at radius 1 is 1.47 bits per heavy atom. The third-order valence-corrected chi connectivity index (χ3v) is 3.08. The smallest absolute Gasteiger partial charge is 0.122 e. The Balaban J connectivity index is 2.19. The molecular formula is C13H18O2. The standard InChI is InChI=1S/C13H18O2/c1-9(15-2)8-11-4-3-5-12(13(11)14)10-6-7-10/h3-5,9-10,14H,6-8H2,1-2H3. The molecule has 1 fully saturated rings. The molecule has 1 aromatic carbocycles. The summed E-state index contributed by atoms with van der Waals surface area (Å²) in [5, 5.41) is 10.1. The van der Waals surface area contributed by atoms with E-state index >= 15 is 0 Å². The summed E-state index contributed by atoms with van der Waals surface area (Å²) in [6, 6.07) is 6.05. The molecule has 1 aliphatic rings. The summed E-state index contributed by atoms with van der Waals surface area (Å²) >= 11 is 0. The van der Waals surface area contributed by atoms with Gasteiger partial charge in [-0.15, -0.1) is 0 Å². The Morgan fingerprint density at radius 2 is 2.20 bits per heavy atom. The van der Waals surface area contributed by atoms with Gasteiger partial charge in [0, 0.05) is 13.5 Å². The van der Waals surface area contributed by atoms with Crippen LogP contribution in [-0.2, 0) is 11.2 Å². The van der Waals surface area contributed by atoms with E-state index in [1.165, 1.54) is 12.8 Å². The van der Waals surface area contributed by atoms with Crippen LogP contribution in [0.15, 0.2) is 18.2 Å². The van der Waals surface area contributed by atoms with Crippen LogP contribution < -0.4 is 0 Å². The first-order valence-electron chi connectivity index (χ1n) is 5.56. The van der Waals surface area contributed by atoms with E-state index in [1.807, 2.05) is 25.1 Å². The van der Waals surface area contributed by atoms with Crippen molar-refractivity contribution in [3.8, 4) is 5.75 Å². The predicted octanol–water partition coefficient (Wildman–Crippen LogP) is 2.85. The number of aromatic hydroxyl groups is 1. The van der Waals surface area contributed by atoms with E-state index in [1.54, 1.807) is 7.11 Å². The molecule has 1 aliphatic carbocycles. The Kier molecular flexibility index (Phi) is 2.96. The molecule has 1 saturated carbocycles. The molecule has 2 rings (SSSR count). The number of para-hydroxylation sites is 1. The van der Waals surface area contributed by atoms with Crippen LogP contribution in [0.4, 0.5) is 0 Å². The van der Waals surface area contributed by atoms with Gasteiger partial charge in [0.1, 0.15) is 5.75 Å². The first kappa shape index (κ1) is 10.5. The molecule has 0 aliphatic heterocycles. The highest BCUT2D eigenvalue weighted by atomic mass is 16.5. The third-order valence-electron chi connectivity index (χ3n) is 3.08. The fourth-order valence-electron chi connectivity index (χ4n) is 1.89. The van der Waals surface area contributed by atoms with Crippen LogP contribution in [0.2, 0.25) is 0 Å². The molecule has 1 unspecified atom stereocenters. The number of methoxy groups -OCH3 is 1. The highest BCUT2D eigenvalue weighted by Crippen LogP contribution is 2.45. The molecule has 0 heterocycles. The van der Waals surface area contributed by atoms with Crippen molar-refractivity contribution in [3.63, 3.8) is 0 Å². The summed E-state index contributed by atoms with van der Waals surface area (Å²) in [6.45, 7) is 2.02. The van der Waals surface area contributed by atoms with Crippen LogP contribution in [0, 0.1) is 0 Å². The molecule has 1 N–H and O–H groups in total. The van der Waals surface area contributed by atoms with Crippen molar-refractivity contribution in [1.29, 1.82) is 0 Å². The van der Waals surface area contributed by atoms with Crippen LogP contribution in [0.25, 0.3) is 0 Å². The summed E-state index contributed by atoms with van der Waals surface area (Å²) in [7, 11) is 1.70. The topological polar surface area (TPSA) is 29.5 Å². The van der Waals surface area contributed by atoms with Crippen molar-refractivity contribution in [3.05, 3.63) is 29.3 Å². The average molecular weight is 206 g/mol. The first-order chi connectivity index (χ1) is 7.22. The van der Waals surface area contributed by atoms with Gasteiger partial charge in [-0.3, -0.25) is 0 Å². The number of ether oxygens (including phenoxy) is 1. The van der Waals surface area contributed by atoms with Gasteiger partial charge in [0.2, 0.25) is 0 Å². The lowest BCUT2D eigenvalue weighted by Gasteiger charge is -2.12. The molecule has 82 valence electrons. The first-order valence-corrected chi connectivity index (χ1v) is 5.56. The van der Waals surface area contributed by atoms with Gasteiger partial charge >= 0.3 is 0 Å². The van der Waals surface area contributed by atoms with E-state index in [4.69, 9.17) is 4.74 Å². The molecule has 2 heteroatoms. The summed E-state index contributed by atoms with van der Waals surface area (Å²) in [5.74, 6) is 1.09. The monoisotopic (exact) mass is 206 g/mol. The van der Waals surface area contributed by atoms with Gasteiger partial charge < -0.3 is 9.84 Å². The van der Waals surface area contributed by atoms with Crippen molar-refractivity contribution in [2.24, 2.45) is 0 Å². The molecule has 1 aromatic rings. The number of benzene rings is 1. The molecule has 0 saturated heterocycles. The summed E-state index contributed by atoms with van der Waals surface area (Å²) in [6.07, 6.45) is 3.38. The van der Waals surface area contributed by atoms with E-state index in [0.29, 0.717) is 11.7 Å². The largest absolute Gasteiger partial charge is 0.507 e. The van der Waals surface area contributed by atoms with Gasteiger partial charge in [0.25, 0.3) is 0 Å². The van der Waals surface area contributed by atoms with Crippen molar-refractivity contribution in [2.45, 2.75) is 38.2 Å². The average Bonchev–Trinajstić information content (AvgIpc) is 3.04. The Morgan fingerprint density at radius 3 is 2.80 bits per heavy atom. The van der Waals surface area contributed by atoms with Crippen LogP contribution in [0.1, 0.15) is 36.8 Å². The van der Waals surface area contributed by atoms with Crippen molar-refractivity contribution in [1.82, 2.24) is 0 Å². The zero-order valence-corrected chi connectivity index (χ0v) is 9.36. The van der Waals surface area contributed by atoms with Crippen molar-refractivity contribution >= 4 is 0 Å². The van der Waals surface area contributed by atoms with Gasteiger partial charge in [0.15, 0.2) is 0 Å². The van der Waals surface area contributed by atoms with E-state index in [0.717, 1.165) is 17.5 Å². The van der Waals surface area contributed by atoms with Crippen LogP contribution in [-0.4, -0.2) is 18.3 Å². The fourth-order valence-corrected chi connectivity index (χ4v) is 1.89. The molecule has 0 aromatic heterocycles. The van der Waals surface area contributed by atoms with E-state index in [-0.39, 0.29) is 6.10 Å². The van der Waals surface area contributed by atoms with Gasteiger partial charge in [-0.25, -0.2) is 0 Å². The van der Waals surface area contributed by atoms with E-state index in [9.17, 15) is 5.11 Å². The second-order valence-corrected chi connectivity index (χ2v) is 4.38. The predicted molar refractivity (Wildman–Crippen MR) is 60.3 cm³/mol. The molecule has 0 bridgehead atoms. The minimum absolute atomic E-state index is 0.158. The zero-order chi connectivity index (χ0) is 10.8. The number of hydrogen-bond donors (Lipinski definition) is 1. The van der Waals surface area contributed by atoms with Crippen LogP contribution in [0.3, 0.4) is 0 Å². The maximum atomic E-state index is 10.1.